The summed E-state index contributed by atoms with van der Waals surface area (Å²) in [4.78, 5) is 15.1. The number of nitrogens with two attached hydrogens (primary N) is 1. The van der Waals surface area contributed by atoms with Crippen molar-refractivity contribution in [3.63, 3.8) is 0 Å². The topological polar surface area (TPSA) is 73.8 Å². The van der Waals surface area contributed by atoms with Crippen LogP contribution in [0.2, 0.25) is 5.15 Å². The van der Waals surface area contributed by atoms with Crippen LogP contribution in [0.15, 0.2) is 24.5 Å². The predicted molar refractivity (Wildman–Crippen MR) is 80.9 cm³/mol. The summed E-state index contributed by atoms with van der Waals surface area (Å²) in [6.07, 6.45) is 8.97. The molecule has 3 rings (SSSR count). The Morgan fingerprint density at radius 2 is 2.14 bits per heavy atom. The highest BCUT2D eigenvalue weighted by molar-refractivity contribution is 6.32. The van der Waals surface area contributed by atoms with Gasteiger partial charge in [0.25, 0.3) is 5.91 Å². The maximum Gasteiger partial charge on any atom is 0.267 e. The van der Waals surface area contributed by atoms with Gasteiger partial charge in [-0.1, -0.05) is 24.4 Å². The molecule has 0 aliphatic heterocycles. The molecule has 1 amide bonds. The van der Waals surface area contributed by atoms with Gasteiger partial charge in [0, 0.05) is 23.9 Å². The van der Waals surface area contributed by atoms with Crippen LogP contribution < -0.4 is 5.73 Å². The molecule has 1 fully saturated rings. The Kier molecular flexibility index (Phi) is 3.92. The molecule has 1 saturated carbocycles. The molecule has 2 aromatic rings. The minimum Gasteiger partial charge on any atom is -0.364 e. The fraction of sp³-hybridized carbons (Fsp3) is 0.400. The van der Waals surface area contributed by atoms with E-state index in [9.17, 15) is 4.79 Å². The maximum absolute atomic E-state index is 11.1. The van der Waals surface area contributed by atoms with Crippen molar-refractivity contribution >= 4 is 17.5 Å². The number of hydrogen-bond donors (Lipinski definition) is 1. The molecule has 1 aliphatic rings. The number of pyridine rings is 1. The van der Waals surface area contributed by atoms with Crippen LogP contribution in [-0.2, 0) is 6.54 Å². The van der Waals surface area contributed by atoms with E-state index in [1.807, 2.05) is 10.9 Å². The van der Waals surface area contributed by atoms with Crippen molar-refractivity contribution in [1.29, 1.82) is 0 Å². The van der Waals surface area contributed by atoms with Crippen LogP contribution in [0.25, 0.3) is 11.1 Å². The zero-order valence-corrected chi connectivity index (χ0v) is 12.4. The lowest BCUT2D eigenvalue weighted by Gasteiger charge is -2.08. The zero-order valence-electron chi connectivity index (χ0n) is 11.6. The van der Waals surface area contributed by atoms with E-state index in [4.69, 9.17) is 17.3 Å². The Hall–Kier alpha value is -1.88. The molecule has 110 valence electrons. The second-order valence-corrected chi connectivity index (χ2v) is 5.86. The Morgan fingerprint density at radius 3 is 2.81 bits per heavy atom. The van der Waals surface area contributed by atoms with E-state index in [1.165, 1.54) is 25.7 Å². The molecule has 0 radical (unpaired) electrons. The molecule has 2 aromatic heterocycles. The maximum atomic E-state index is 11.1. The Labute approximate surface area is 128 Å². The lowest BCUT2D eigenvalue weighted by Crippen LogP contribution is -2.12. The first kappa shape index (κ1) is 14.1. The van der Waals surface area contributed by atoms with Crippen molar-refractivity contribution in [1.82, 2.24) is 14.8 Å². The van der Waals surface area contributed by atoms with Crippen LogP contribution in [0.1, 0.15) is 36.2 Å². The number of amides is 1. The summed E-state index contributed by atoms with van der Waals surface area (Å²) in [5, 5.41) is 4.66. The zero-order chi connectivity index (χ0) is 14.8. The fourth-order valence-electron chi connectivity index (χ4n) is 2.85. The van der Waals surface area contributed by atoms with Crippen molar-refractivity contribution < 1.29 is 4.79 Å². The highest BCUT2D eigenvalue weighted by atomic mass is 35.5. The molecule has 0 saturated heterocycles. The average molecular weight is 305 g/mol. The summed E-state index contributed by atoms with van der Waals surface area (Å²) in [6.45, 7) is 0.949. The van der Waals surface area contributed by atoms with Gasteiger partial charge in [-0.25, -0.2) is 4.98 Å². The monoisotopic (exact) mass is 304 g/mol. The lowest BCUT2D eigenvalue weighted by atomic mass is 10.1. The molecule has 0 spiro atoms. The predicted octanol–water partition coefficient (Wildman–Crippen LogP) is 2.89. The summed E-state index contributed by atoms with van der Waals surface area (Å²) in [6, 6.07) is 3.34. The second-order valence-electron chi connectivity index (χ2n) is 5.50. The van der Waals surface area contributed by atoms with Gasteiger partial charge in [-0.3, -0.25) is 9.48 Å². The van der Waals surface area contributed by atoms with Crippen molar-refractivity contribution in [2.75, 3.05) is 0 Å². The van der Waals surface area contributed by atoms with Gasteiger partial charge < -0.3 is 5.73 Å². The summed E-state index contributed by atoms with van der Waals surface area (Å²) < 4.78 is 1.96. The first-order valence-electron chi connectivity index (χ1n) is 7.12. The van der Waals surface area contributed by atoms with Gasteiger partial charge in [-0.2, -0.15) is 5.10 Å². The summed E-state index contributed by atoms with van der Waals surface area (Å²) in [7, 11) is 0. The highest BCUT2D eigenvalue weighted by Gasteiger charge is 2.16. The normalized spacial score (nSPS) is 15.5. The van der Waals surface area contributed by atoms with E-state index in [0.29, 0.717) is 0 Å². The van der Waals surface area contributed by atoms with Gasteiger partial charge in [0.2, 0.25) is 0 Å². The van der Waals surface area contributed by atoms with Crippen LogP contribution >= 0.6 is 11.6 Å². The average Bonchev–Trinajstić information content (AvgIpc) is 3.11. The van der Waals surface area contributed by atoms with Gasteiger partial charge in [0.05, 0.1) is 6.20 Å². The van der Waals surface area contributed by atoms with Crippen molar-refractivity contribution in [3.05, 3.63) is 35.4 Å². The van der Waals surface area contributed by atoms with E-state index >= 15 is 0 Å². The molecule has 0 bridgehead atoms. The van der Waals surface area contributed by atoms with Crippen molar-refractivity contribution in [3.8, 4) is 11.1 Å². The van der Waals surface area contributed by atoms with E-state index in [1.54, 1.807) is 18.3 Å². The van der Waals surface area contributed by atoms with Crippen LogP contribution in [0.4, 0.5) is 0 Å². The lowest BCUT2D eigenvalue weighted by molar-refractivity contribution is 0.0995. The van der Waals surface area contributed by atoms with Gasteiger partial charge in [-0.05, 0) is 30.9 Å². The van der Waals surface area contributed by atoms with E-state index in [0.717, 1.165) is 23.6 Å². The minimum absolute atomic E-state index is 0.169. The largest absolute Gasteiger partial charge is 0.364 e. The number of primary amides is 1. The molecule has 2 N–H and O–H groups in total. The second kappa shape index (κ2) is 5.85. The molecule has 0 unspecified atom stereocenters. The minimum atomic E-state index is -0.583. The summed E-state index contributed by atoms with van der Waals surface area (Å²) in [5.41, 5.74) is 7.03. The SMILES string of the molecule is NC(=O)c1ccc(-c2cnn(CC3CCCC3)c2)c(Cl)n1. The molecular formula is C15H17ClN4O. The van der Waals surface area contributed by atoms with E-state index in [2.05, 4.69) is 10.1 Å². The van der Waals surface area contributed by atoms with Gasteiger partial charge in [-0.15, -0.1) is 0 Å². The van der Waals surface area contributed by atoms with Crippen LogP contribution in [-0.4, -0.2) is 20.7 Å². The first-order chi connectivity index (χ1) is 10.1. The molecule has 5 nitrogen and oxygen atoms in total. The van der Waals surface area contributed by atoms with Crippen LogP contribution in [0.5, 0.6) is 0 Å². The quantitative estimate of drug-likeness (QED) is 0.883. The number of halogens is 1. The number of carbonyl (C=O) groups excluding carboxylic acids is 1. The molecule has 21 heavy (non-hydrogen) atoms. The molecule has 0 atom stereocenters. The molecular weight excluding hydrogens is 288 g/mol. The highest BCUT2D eigenvalue weighted by Crippen LogP contribution is 2.28. The smallest absolute Gasteiger partial charge is 0.267 e. The molecule has 2 heterocycles. The Balaban J connectivity index is 1.80. The third-order valence-electron chi connectivity index (χ3n) is 3.97. The fourth-order valence-corrected chi connectivity index (χ4v) is 3.11. The van der Waals surface area contributed by atoms with E-state index < -0.39 is 5.91 Å². The third-order valence-corrected chi connectivity index (χ3v) is 4.25. The number of rotatable bonds is 4. The number of carbonyl (C=O) groups is 1. The van der Waals surface area contributed by atoms with Gasteiger partial charge in [0.1, 0.15) is 10.8 Å². The van der Waals surface area contributed by atoms with E-state index in [-0.39, 0.29) is 10.8 Å². The van der Waals surface area contributed by atoms with Crippen molar-refractivity contribution in [2.24, 2.45) is 11.7 Å². The summed E-state index contributed by atoms with van der Waals surface area (Å²) >= 11 is 6.13. The summed E-state index contributed by atoms with van der Waals surface area (Å²) in [5.74, 6) is 0.143. The first-order valence-corrected chi connectivity index (χ1v) is 7.50. The number of nitrogens with zero attached hydrogens (tertiary/aromatic N) is 3. The van der Waals surface area contributed by atoms with Crippen LogP contribution in [0.3, 0.4) is 0 Å². The third kappa shape index (κ3) is 3.08. The number of aromatic nitrogens is 3. The molecule has 0 aromatic carbocycles. The van der Waals surface area contributed by atoms with Gasteiger partial charge >= 0.3 is 0 Å². The molecule has 6 heteroatoms. The van der Waals surface area contributed by atoms with Crippen molar-refractivity contribution in [2.45, 2.75) is 32.2 Å². The molecule has 1 aliphatic carbocycles. The van der Waals surface area contributed by atoms with Crippen LogP contribution in [0, 0.1) is 5.92 Å². The van der Waals surface area contributed by atoms with Gasteiger partial charge in [0.15, 0.2) is 0 Å². The Bertz CT molecular complexity index is 661. The standard InChI is InChI=1S/C15H17ClN4O/c16-14-12(5-6-13(19-14)15(17)21)11-7-18-20(9-11)8-10-3-1-2-4-10/h5-7,9-10H,1-4,8H2,(H2,17,21). The number of hydrogen-bond acceptors (Lipinski definition) is 3. The Morgan fingerprint density at radius 1 is 1.38 bits per heavy atom.